The van der Waals surface area contributed by atoms with Crippen molar-refractivity contribution >= 4 is 14.3 Å². The Balaban J connectivity index is 4.56. The van der Waals surface area contributed by atoms with Crippen LogP contribution in [0.1, 0.15) is 34.1 Å². The molecule has 4 heteroatoms. The van der Waals surface area contributed by atoms with Crippen LogP contribution in [0.15, 0.2) is 0 Å². The van der Waals surface area contributed by atoms with E-state index >= 15 is 0 Å². The van der Waals surface area contributed by atoms with Crippen molar-refractivity contribution < 1.29 is 14.3 Å². The summed E-state index contributed by atoms with van der Waals surface area (Å²) in [6.45, 7) is 12.3. The van der Waals surface area contributed by atoms with Crippen LogP contribution in [-0.2, 0) is 9.22 Å². The minimum atomic E-state index is -1.93. The Morgan fingerprint density at radius 2 is 1.86 bits per heavy atom. The lowest BCUT2D eigenvalue weighted by Gasteiger charge is -2.38. The summed E-state index contributed by atoms with van der Waals surface area (Å²) in [5, 5.41) is 8.96. The smallest absolute Gasteiger partial charge is 0.331 e. The van der Waals surface area contributed by atoms with Gasteiger partial charge in [0.1, 0.15) is 6.10 Å². The third-order valence-electron chi connectivity index (χ3n) is 2.89. The summed E-state index contributed by atoms with van der Waals surface area (Å²) in [5.41, 5.74) is 0. The SMILES string of the molecule is CCC(O[Si](C)(C)C(C)(C)C)C(=O)O. The van der Waals surface area contributed by atoms with Gasteiger partial charge in [0.05, 0.1) is 0 Å². The first-order chi connectivity index (χ1) is 6.12. The second kappa shape index (κ2) is 4.44. The molecule has 3 nitrogen and oxygen atoms in total. The van der Waals surface area contributed by atoms with Crippen LogP contribution in [0.25, 0.3) is 0 Å². The van der Waals surface area contributed by atoms with Crippen molar-refractivity contribution in [2.45, 2.75) is 58.4 Å². The highest BCUT2D eigenvalue weighted by Crippen LogP contribution is 2.37. The van der Waals surface area contributed by atoms with E-state index in [1.165, 1.54) is 0 Å². The van der Waals surface area contributed by atoms with Crippen molar-refractivity contribution in [2.24, 2.45) is 0 Å². The first-order valence-corrected chi connectivity index (χ1v) is 7.93. The topological polar surface area (TPSA) is 46.5 Å². The summed E-state index contributed by atoms with van der Waals surface area (Å²) in [6.07, 6.45) is -0.113. The second-order valence-corrected chi connectivity index (χ2v) is 9.87. The van der Waals surface area contributed by atoms with Gasteiger partial charge in [-0.2, -0.15) is 0 Å². The number of carboxylic acids is 1. The molecule has 1 unspecified atom stereocenters. The molecule has 1 N–H and O–H groups in total. The van der Waals surface area contributed by atoms with Gasteiger partial charge >= 0.3 is 5.97 Å². The van der Waals surface area contributed by atoms with E-state index in [1.54, 1.807) is 0 Å². The van der Waals surface area contributed by atoms with Crippen molar-refractivity contribution in [1.29, 1.82) is 0 Å². The van der Waals surface area contributed by atoms with Crippen molar-refractivity contribution in [3.05, 3.63) is 0 Å². The number of rotatable bonds is 4. The molecule has 14 heavy (non-hydrogen) atoms. The predicted octanol–water partition coefficient (Wildman–Crippen LogP) is 2.87. The maximum absolute atomic E-state index is 10.8. The molecule has 0 saturated carbocycles. The van der Waals surface area contributed by atoms with E-state index in [4.69, 9.17) is 9.53 Å². The Labute approximate surface area is 87.6 Å². The van der Waals surface area contributed by atoms with E-state index in [9.17, 15) is 4.79 Å². The molecule has 0 aliphatic heterocycles. The van der Waals surface area contributed by atoms with Crippen molar-refractivity contribution in [2.75, 3.05) is 0 Å². The van der Waals surface area contributed by atoms with Crippen LogP contribution in [0.5, 0.6) is 0 Å². The fourth-order valence-electron chi connectivity index (χ4n) is 0.841. The Hall–Kier alpha value is -0.353. The molecule has 0 rings (SSSR count). The average molecular weight is 218 g/mol. The zero-order chi connectivity index (χ0) is 11.6. The summed E-state index contributed by atoms with van der Waals surface area (Å²) < 4.78 is 5.75. The van der Waals surface area contributed by atoms with E-state index in [0.717, 1.165) is 0 Å². The molecule has 0 fully saturated rings. The Kier molecular flexibility index (Phi) is 4.33. The van der Waals surface area contributed by atoms with Gasteiger partial charge in [-0.05, 0) is 24.6 Å². The van der Waals surface area contributed by atoms with Crippen LogP contribution in [0.4, 0.5) is 0 Å². The second-order valence-electron chi connectivity index (χ2n) is 5.11. The number of carbonyl (C=O) groups is 1. The molecule has 0 radical (unpaired) electrons. The third-order valence-corrected chi connectivity index (χ3v) is 7.38. The molecule has 84 valence electrons. The van der Waals surface area contributed by atoms with Gasteiger partial charge in [-0.25, -0.2) is 4.79 Å². The van der Waals surface area contributed by atoms with Gasteiger partial charge in [0.25, 0.3) is 0 Å². The largest absolute Gasteiger partial charge is 0.479 e. The molecule has 0 aliphatic carbocycles. The van der Waals surface area contributed by atoms with Crippen LogP contribution in [0.3, 0.4) is 0 Å². The lowest BCUT2D eigenvalue weighted by molar-refractivity contribution is -0.145. The summed E-state index contributed by atoms with van der Waals surface area (Å²) in [6, 6.07) is 0. The molecule has 0 aromatic carbocycles. The van der Waals surface area contributed by atoms with E-state index in [0.29, 0.717) is 6.42 Å². The molecular formula is C10H22O3Si. The van der Waals surface area contributed by atoms with Gasteiger partial charge < -0.3 is 9.53 Å². The molecule has 0 amide bonds. The fourth-order valence-corrected chi connectivity index (χ4v) is 2.17. The standard InChI is InChI=1S/C10H22O3Si/c1-7-8(9(11)12)13-14(5,6)10(2,3)4/h8H,7H2,1-6H3,(H,11,12). The van der Waals surface area contributed by atoms with Gasteiger partial charge in [-0.3, -0.25) is 0 Å². The zero-order valence-corrected chi connectivity index (χ0v) is 11.0. The number of hydrogen-bond donors (Lipinski definition) is 1. The lowest BCUT2D eigenvalue weighted by Crippen LogP contribution is -2.45. The maximum Gasteiger partial charge on any atom is 0.331 e. The lowest BCUT2D eigenvalue weighted by atomic mass is 10.2. The summed E-state index contributed by atoms with van der Waals surface area (Å²) in [7, 11) is -1.93. The monoisotopic (exact) mass is 218 g/mol. The van der Waals surface area contributed by atoms with Gasteiger partial charge in [0.15, 0.2) is 8.32 Å². The molecule has 0 aromatic heterocycles. The van der Waals surface area contributed by atoms with Gasteiger partial charge in [-0.1, -0.05) is 27.7 Å². The van der Waals surface area contributed by atoms with E-state index < -0.39 is 20.4 Å². The average Bonchev–Trinajstić information content (AvgIpc) is 1.97. The van der Waals surface area contributed by atoms with Crippen LogP contribution < -0.4 is 0 Å². The maximum atomic E-state index is 10.8. The normalized spacial score (nSPS) is 15.3. The molecule has 0 saturated heterocycles. The molecule has 0 aromatic rings. The Bertz CT molecular complexity index is 206. The van der Waals surface area contributed by atoms with Gasteiger partial charge in [-0.15, -0.1) is 0 Å². The highest BCUT2D eigenvalue weighted by Gasteiger charge is 2.40. The molecule has 0 heterocycles. The van der Waals surface area contributed by atoms with Crippen LogP contribution >= 0.6 is 0 Å². The van der Waals surface area contributed by atoms with Crippen LogP contribution in [-0.4, -0.2) is 25.5 Å². The first kappa shape index (κ1) is 13.6. The number of carboxylic acid groups (broad SMARTS) is 1. The minimum Gasteiger partial charge on any atom is -0.479 e. The molecule has 0 spiro atoms. The highest BCUT2D eigenvalue weighted by molar-refractivity contribution is 6.74. The quantitative estimate of drug-likeness (QED) is 0.738. The summed E-state index contributed by atoms with van der Waals surface area (Å²) in [5.74, 6) is -0.850. The highest BCUT2D eigenvalue weighted by atomic mass is 28.4. The van der Waals surface area contributed by atoms with Crippen molar-refractivity contribution in [3.8, 4) is 0 Å². The van der Waals surface area contributed by atoms with Gasteiger partial charge in [0, 0.05) is 0 Å². The third kappa shape index (κ3) is 3.42. The van der Waals surface area contributed by atoms with Crippen LogP contribution in [0.2, 0.25) is 18.1 Å². The summed E-state index contributed by atoms with van der Waals surface area (Å²) in [4.78, 5) is 10.8. The number of aliphatic carboxylic acids is 1. The first-order valence-electron chi connectivity index (χ1n) is 5.02. The molecule has 1 atom stereocenters. The van der Waals surface area contributed by atoms with Crippen molar-refractivity contribution in [1.82, 2.24) is 0 Å². The molecule has 0 aliphatic rings. The minimum absolute atomic E-state index is 0.0653. The van der Waals surface area contributed by atoms with E-state index in [-0.39, 0.29) is 5.04 Å². The van der Waals surface area contributed by atoms with E-state index in [1.807, 2.05) is 6.92 Å². The molecular weight excluding hydrogens is 196 g/mol. The van der Waals surface area contributed by atoms with Crippen molar-refractivity contribution in [3.63, 3.8) is 0 Å². The predicted molar refractivity (Wildman–Crippen MR) is 60.0 cm³/mol. The zero-order valence-electron chi connectivity index (χ0n) is 10.0. The molecule has 0 bridgehead atoms. The van der Waals surface area contributed by atoms with Gasteiger partial charge in [0.2, 0.25) is 0 Å². The number of hydrogen-bond acceptors (Lipinski definition) is 2. The fraction of sp³-hybridized carbons (Fsp3) is 0.900. The Morgan fingerprint density at radius 1 is 1.43 bits per heavy atom. The van der Waals surface area contributed by atoms with E-state index in [2.05, 4.69) is 33.9 Å². The van der Waals surface area contributed by atoms with Crippen LogP contribution in [0, 0.1) is 0 Å². The Morgan fingerprint density at radius 3 is 2.07 bits per heavy atom. The summed E-state index contributed by atoms with van der Waals surface area (Å²) >= 11 is 0.